The first kappa shape index (κ1) is 10.7. The Labute approximate surface area is 93.5 Å². The number of carbonyl (C=O) groups is 2. The maximum absolute atomic E-state index is 12.0. The van der Waals surface area contributed by atoms with Gasteiger partial charge in [-0.05, 0) is 18.2 Å². The number of benzene rings is 1. The predicted molar refractivity (Wildman–Crippen MR) is 58.3 cm³/mol. The van der Waals surface area contributed by atoms with Crippen molar-refractivity contribution in [2.75, 3.05) is 13.1 Å². The molecule has 4 heteroatoms. The van der Waals surface area contributed by atoms with E-state index in [4.69, 9.17) is 0 Å². The van der Waals surface area contributed by atoms with Gasteiger partial charge in [0, 0.05) is 31.5 Å². The highest BCUT2D eigenvalue weighted by atomic mass is 16.3. The van der Waals surface area contributed by atoms with Crippen molar-refractivity contribution in [3.63, 3.8) is 0 Å². The molecule has 84 valence electrons. The molecule has 0 atom stereocenters. The van der Waals surface area contributed by atoms with Crippen molar-refractivity contribution in [1.82, 2.24) is 4.90 Å². The minimum Gasteiger partial charge on any atom is -0.508 e. The standard InChI is InChI=1S/C12H13NO3/c14-10-4-6-13(7-5-10)12(16)9-2-1-3-11(15)8-9/h1-3,8,15H,4-7H2. The molecule has 16 heavy (non-hydrogen) atoms. The van der Waals surface area contributed by atoms with Crippen LogP contribution in [0.5, 0.6) is 5.75 Å². The maximum Gasteiger partial charge on any atom is 0.254 e. The summed E-state index contributed by atoms with van der Waals surface area (Å²) in [6.07, 6.45) is 0.870. The highest BCUT2D eigenvalue weighted by Gasteiger charge is 2.21. The first-order chi connectivity index (χ1) is 7.66. The molecule has 1 aromatic carbocycles. The van der Waals surface area contributed by atoms with E-state index in [9.17, 15) is 14.7 Å². The van der Waals surface area contributed by atoms with Crippen LogP contribution in [0.3, 0.4) is 0 Å². The second-order valence-electron chi connectivity index (χ2n) is 3.88. The Kier molecular flexibility index (Phi) is 2.90. The molecule has 0 aliphatic carbocycles. The van der Waals surface area contributed by atoms with Gasteiger partial charge in [0.2, 0.25) is 0 Å². The van der Waals surface area contributed by atoms with Gasteiger partial charge in [0.1, 0.15) is 11.5 Å². The van der Waals surface area contributed by atoms with Crippen LogP contribution in [-0.2, 0) is 4.79 Å². The minimum atomic E-state index is -0.122. The van der Waals surface area contributed by atoms with Crippen molar-refractivity contribution < 1.29 is 14.7 Å². The molecule has 4 nitrogen and oxygen atoms in total. The molecule has 1 aromatic rings. The summed E-state index contributed by atoms with van der Waals surface area (Å²) in [7, 11) is 0. The third-order valence-electron chi connectivity index (χ3n) is 2.70. The Morgan fingerprint density at radius 2 is 1.94 bits per heavy atom. The largest absolute Gasteiger partial charge is 0.508 e. The number of hydrogen-bond acceptors (Lipinski definition) is 3. The maximum atomic E-state index is 12.0. The number of Topliss-reactive ketones (excluding diaryl/α,β-unsaturated/α-hetero) is 1. The summed E-state index contributed by atoms with van der Waals surface area (Å²) in [5, 5.41) is 9.28. The molecule has 0 bridgehead atoms. The van der Waals surface area contributed by atoms with E-state index in [2.05, 4.69) is 0 Å². The van der Waals surface area contributed by atoms with Crippen molar-refractivity contribution in [2.45, 2.75) is 12.8 Å². The highest BCUT2D eigenvalue weighted by molar-refractivity contribution is 5.95. The number of carbonyl (C=O) groups excluding carboxylic acids is 2. The Morgan fingerprint density at radius 1 is 1.25 bits per heavy atom. The lowest BCUT2D eigenvalue weighted by molar-refractivity contribution is -0.120. The number of rotatable bonds is 1. The minimum absolute atomic E-state index is 0.0823. The average Bonchev–Trinajstić information content (AvgIpc) is 2.29. The number of phenols is 1. The molecule has 0 radical (unpaired) electrons. The molecule has 1 N–H and O–H groups in total. The van der Waals surface area contributed by atoms with Gasteiger partial charge in [0.15, 0.2) is 0 Å². The van der Waals surface area contributed by atoms with Crippen molar-refractivity contribution in [3.8, 4) is 5.75 Å². The van der Waals surface area contributed by atoms with Crippen LogP contribution in [0.25, 0.3) is 0 Å². The van der Waals surface area contributed by atoms with E-state index >= 15 is 0 Å². The third kappa shape index (κ3) is 2.21. The monoisotopic (exact) mass is 219 g/mol. The molecule has 1 saturated heterocycles. The fourth-order valence-electron chi connectivity index (χ4n) is 1.78. The highest BCUT2D eigenvalue weighted by Crippen LogP contribution is 2.15. The molecule has 0 unspecified atom stereocenters. The fourth-order valence-corrected chi connectivity index (χ4v) is 1.78. The van der Waals surface area contributed by atoms with Crippen molar-refractivity contribution >= 4 is 11.7 Å². The molecule has 1 aliphatic rings. The molecular formula is C12H13NO3. The Morgan fingerprint density at radius 3 is 2.56 bits per heavy atom. The zero-order valence-electron chi connectivity index (χ0n) is 8.85. The number of phenolic OH excluding ortho intramolecular Hbond substituents is 1. The van der Waals surface area contributed by atoms with E-state index < -0.39 is 0 Å². The van der Waals surface area contributed by atoms with Gasteiger partial charge in [-0.25, -0.2) is 0 Å². The molecule has 0 spiro atoms. The van der Waals surface area contributed by atoms with Crippen LogP contribution in [-0.4, -0.2) is 34.8 Å². The van der Waals surface area contributed by atoms with Gasteiger partial charge in [-0.2, -0.15) is 0 Å². The Bertz CT molecular complexity index is 418. The van der Waals surface area contributed by atoms with Crippen LogP contribution in [0.2, 0.25) is 0 Å². The molecule has 0 saturated carbocycles. The molecule has 1 amide bonds. The second-order valence-corrected chi connectivity index (χ2v) is 3.88. The van der Waals surface area contributed by atoms with Gasteiger partial charge in [-0.15, -0.1) is 0 Å². The second kappa shape index (κ2) is 4.35. The summed E-state index contributed by atoms with van der Waals surface area (Å²) in [4.78, 5) is 24.7. The zero-order chi connectivity index (χ0) is 11.5. The van der Waals surface area contributed by atoms with Crippen molar-refractivity contribution in [2.24, 2.45) is 0 Å². The molecular weight excluding hydrogens is 206 g/mol. The lowest BCUT2D eigenvalue weighted by Crippen LogP contribution is -2.38. The quantitative estimate of drug-likeness (QED) is 0.772. The summed E-state index contributed by atoms with van der Waals surface area (Å²) < 4.78 is 0. The lowest BCUT2D eigenvalue weighted by Gasteiger charge is -2.26. The Hall–Kier alpha value is -1.84. The van der Waals surface area contributed by atoms with Crippen LogP contribution in [0, 0.1) is 0 Å². The number of piperidine rings is 1. The number of likely N-dealkylation sites (tertiary alicyclic amines) is 1. The van der Waals surface area contributed by atoms with Crippen LogP contribution in [0.15, 0.2) is 24.3 Å². The third-order valence-corrected chi connectivity index (χ3v) is 2.70. The van der Waals surface area contributed by atoms with Crippen LogP contribution >= 0.6 is 0 Å². The van der Waals surface area contributed by atoms with Crippen molar-refractivity contribution in [3.05, 3.63) is 29.8 Å². The summed E-state index contributed by atoms with van der Waals surface area (Å²) >= 11 is 0. The van der Waals surface area contributed by atoms with Gasteiger partial charge < -0.3 is 10.0 Å². The number of amides is 1. The molecule has 2 rings (SSSR count). The lowest BCUT2D eigenvalue weighted by atomic mass is 10.1. The topological polar surface area (TPSA) is 57.6 Å². The van der Waals surface area contributed by atoms with Gasteiger partial charge in [-0.3, -0.25) is 9.59 Å². The first-order valence-electron chi connectivity index (χ1n) is 5.27. The summed E-state index contributed by atoms with van der Waals surface area (Å²) in [5.74, 6) is 0.169. The molecule has 1 fully saturated rings. The number of nitrogens with zero attached hydrogens (tertiary/aromatic N) is 1. The van der Waals surface area contributed by atoms with E-state index in [-0.39, 0.29) is 17.4 Å². The molecule has 1 aliphatic heterocycles. The van der Waals surface area contributed by atoms with Crippen LogP contribution < -0.4 is 0 Å². The van der Waals surface area contributed by atoms with Crippen molar-refractivity contribution in [1.29, 1.82) is 0 Å². The van der Waals surface area contributed by atoms with Crippen LogP contribution in [0.1, 0.15) is 23.2 Å². The molecule has 0 aromatic heterocycles. The number of hydrogen-bond donors (Lipinski definition) is 1. The Balaban J connectivity index is 2.10. The van der Waals surface area contributed by atoms with E-state index in [1.807, 2.05) is 0 Å². The van der Waals surface area contributed by atoms with Gasteiger partial charge in [0.25, 0.3) is 5.91 Å². The SMILES string of the molecule is O=C1CCN(C(=O)c2cccc(O)c2)CC1. The predicted octanol–water partition coefficient (Wildman–Crippen LogP) is 1.20. The van der Waals surface area contributed by atoms with Gasteiger partial charge >= 0.3 is 0 Å². The fraction of sp³-hybridized carbons (Fsp3) is 0.333. The average molecular weight is 219 g/mol. The van der Waals surface area contributed by atoms with E-state index in [1.54, 1.807) is 17.0 Å². The summed E-state index contributed by atoms with van der Waals surface area (Å²) in [6.45, 7) is 0.959. The number of aromatic hydroxyl groups is 1. The van der Waals surface area contributed by atoms with Gasteiger partial charge in [-0.1, -0.05) is 6.07 Å². The normalized spacial score (nSPS) is 16.2. The van der Waals surface area contributed by atoms with Gasteiger partial charge in [0.05, 0.1) is 0 Å². The first-order valence-corrected chi connectivity index (χ1v) is 5.27. The van der Waals surface area contributed by atoms with E-state index in [0.717, 1.165) is 0 Å². The summed E-state index contributed by atoms with van der Waals surface area (Å²) in [5.41, 5.74) is 0.467. The molecule has 1 heterocycles. The van der Waals surface area contributed by atoms with E-state index in [1.165, 1.54) is 12.1 Å². The smallest absolute Gasteiger partial charge is 0.254 e. The van der Waals surface area contributed by atoms with Crippen LogP contribution in [0.4, 0.5) is 0 Å². The van der Waals surface area contributed by atoms with E-state index in [0.29, 0.717) is 31.5 Å². The summed E-state index contributed by atoms with van der Waals surface area (Å²) in [6, 6.07) is 6.27. The number of ketones is 1. The zero-order valence-corrected chi connectivity index (χ0v) is 8.85.